The second-order valence-electron chi connectivity index (χ2n) is 4.28. The number of nitrogens with one attached hydrogen (secondary N) is 1. The summed E-state index contributed by atoms with van der Waals surface area (Å²) in [6, 6.07) is 1.85. The monoisotopic (exact) mass is 292 g/mol. The van der Waals surface area contributed by atoms with Crippen LogP contribution in [-0.4, -0.2) is 37.0 Å². The first-order chi connectivity index (χ1) is 9.83. The van der Waals surface area contributed by atoms with E-state index in [4.69, 9.17) is 0 Å². The molecular weight excluding hydrogens is 272 g/mol. The number of hydrogen-bond donors (Lipinski definition) is 1. The highest BCUT2D eigenvalue weighted by Crippen LogP contribution is 2.17. The van der Waals surface area contributed by atoms with Gasteiger partial charge in [0.05, 0.1) is 0 Å². The minimum Gasteiger partial charge on any atom is -0.354 e. The van der Waals surface area contributed by atoms with Crippen molar-refractivity contribution >= 4 is 17.7 Å². The predicted molar refractivity (Wildman–Crippen MR) is 81.4 cm³/mol. The van der Waals surface area contributed by atoms with Gasteiger partial charge in [0, 0.05) is 24.7 Å². The number of rotatable bonds is 8. The molecule has 1 N–H and O–H groups in total. The maximum Gasteiger partial charge on any atom is 0.256 e. The van der Waals surface area contributed by atoms with Crippen LogP contribution in [0, 0.1) is 0 Å². The molecule has 6 nitrogen and oxygen atoms in total. The van der Waals surface area contributed by atoms with Crippen LogP contribution in [0.3, 0.4) is 0 Å². The molecule has 0 aliphatic rings. The minimum atomic E-state index is 0.555. The van der Waals surface area contributed by atoms with E-state index in [0.717, 1.165) is 17.5 Å². The molecular formula is C13H20N6S. The van der Waals surface area contributed by atoms with Gasteiger partial charge >= 0.3 is 0 Å². The van der Waals surface area contributed by atoms with Crippen LogP contribution in [0.5, 0.6) is 0 Å². The number of hydrogen-bond acceptors (Lipinski definition) is 6. The molecule has 108 valence electrons. The molecule has 2 aromatic heterocycles. The van der Waals surface area contributed by atoms with Gasteiger partial charge in [-0.1, -0.05) is 31.5 Å². The highest BCUT2D eigenvalue weighted by Gasteiger charge is 2.08. The van der Waals surface area contributed by atoms with E-state index in [1.54, 1.807) is 22.6 Å². The van der Waals surface area contributed by atoms with E-state index in [0.29, 0.717) is 11.9 Å². The first kappa shape index (κ1) is 14.8. The van der Waals surface area contributed by atoms with Gasteiger partial charge in [-0.3, -0.25) is 0 Å². The fourth-order valence-corrected chi connectivity index (χ4v) is 2.48. The largest absolute Gasteiger partial charge is 0.354 e. The number of thioether (sulfide) groups is 1. The fraction of sp³-hybridized carbons (Fsp3) is 0.538. The second-order valence-corrected chi connectivity index (χ2v) is 5.34. The smallest absolute Gasteiger partial charge is 0.256 e. The Morgan fingerprint density at radius 2 is 2.10 bits per heavy atom. The van der Waals surface area contributed by atoms with Crippen LogP contribution >= 0.6 is 11.8 Å². The molecule has 0 aliphatic heterocycles. The first-order valence-electron chi connectivity index (χ1n) is 6.96. The Bertz CT molecular complexity index is 514. The Labute approximate surface area is 123 Å². The van der Waals surface area contributed by atoms with Crippen molar-refractivity contribution in [3.8, 4) is 5.95 Å². The molecule has 0 aliphatic carbocycles. The summed E-state index contributed by atoms with van der Waals surface area (Å²) in [4.78, 5) is 13.2. The molecule has 2 rings (SSSR count). The maximum absolute atomic E-state index is 4.46. The van der Waals surface area contributed by atoms with E-state index in [2.05, 4.69) is 32.3 Å². The van der Waals surface area contributed by atoms with E-state index < -0.39 is 0 Å². The number of nitrogens with zero attached hydrogens (tertiary/aromatic N) is 5. The molecule has 2 aromatic rings. The number of aromatic nitrogens is 5. The van der Waals surface area contributed by atoms with Gasteiger partial charge in [0.15, 0.2) is 5.16 Å². The first-order valence-corrected chi connectivity index (χ1v) is 7.94. The van der Waals surface area contributed by atoms with Gasteiger partial charge in [-0.2, -0.15) is 20.1 Å². The standard InChI is InChI=1S/C13H20N6S/c1-3-5-6-10-20-13-17-11(14-4-2)16-12(18-13)19-9-7-8-15-19/h7-9H,3-6,10H2,1-2H3,(H,14,16,17,18). The average Bonchev–Trinajstić information content (AvgIpc) is 2.98. The summed E-state index contributed by atoms with van der Waals surface area (Å²) < 4.78 is 1.65. The zero-order chi connectivity index (χ0) is 14.2. The quantitative estimate of drug-likeness (QED) is 0.596. The lowest BCUT2D eigenvalue weighted by Gasteiger charge is -2.07. The van der Waals surface area contributed by atoms with Gasteiger partial charge in [-0.15, -0.1) is 0 Å². The summed E-state index contributed by atoms with van der Waals surface area (Å²) in [6.45, 7) is 5.00. The van der Waals surface area contributed by atoms with E-state index in [9.17, 15) is 0 Å². The van der Waals surface area contributed by atoms with Gasteiger partial charge in [0.2, 0.25) is 5.95 Å². The molecule has 0 saturated heterocycles. The molecule has 0 amide bonds. The van der Waals surface area contributed by atoms with Gasteiger partial charge < -0.3 is 5.32 Å². The van der Waals surface area contributed by atoms with Crippen LogP contribution in [0.4, 0.5) is 5.95 Å². The van der Waals surface area contributed by atoms with Crippen molar-refractivity contribution in [1.29, 1.82) is 0 Å². The van der Waals surface area contributed by atoms with Crippen molar-refractivity contribution < 1.29 is 0 Å². The lowest BCUT2D eigenvalue weighted by atomic mass is 10.3. The summed E-state index contributed by atoms with van der Waals surface area (Å²) in [7, 11) is 0. The Morgan fingerprint density at radius 1 is 1.20 bits per heavy atom. The summed E-state index contributed by atoms with van der Waals surface area (Å²) >= 11 is 1.67. The Hall–Kier alpha value is -1.63. The minimum absolute atomic E-state index is 0.555. The van der Waals surface area contributed by atoms with Crippen LogP contribution in [0.1, 0.15) is 33.1 Å². The van der Waals surface area contributed by atoms with Crippen molar-refractivity contribution in [2.45, 2.75) is 38.3 Å². The van der Waals surface area contributed by atoms with Crippen molar-refractivity contribution in [2.75, 3.05) is 17.6 Å². The molecule has 20 heavy (non-hydrogen) atoms. The zero-order valence-electron chi connectivity index (χ0n) is 11.9. The Morgan fingerprint density at radius 3 is 2.80 bits per heavy atom. The molecule has 0 saturated carbocycles. The molecule has 0 fully saturated rings. The topological polar surface area (TPSA) is 68.5 Å². The number of unbranched alkanes of at least 4 members (excludes halogenated alkanes) is 2. The third-order valence-corrected chi connectivity index (χ3v) is 3.56. The lowest BCUT2D eigenvalue weighted by Crippen LogP contribution is -2.09. The Balaban J connectivity index is 2.13. The normalized spacial score (nSPS) is 10.7. The van der Waals surface area contributed by atoms with Gasteiger partial charge in [-0.05, 0) is 19.4 Å². The van der Waals surface area contributed by atoms with E-state index in [1.807, 2.05) is 19.2 Å². The summed E-state index contributed by atoms with van der Waals surface area (Å²) in [5.41, 5.74) is 0. The Kier molecular flexibility index (Phi) is 5.79. The third kappa shape index (κ3) is 4.19. The molecule has 7 heteroatoms. The highest BCUT2D eigenvalue weighted by atomic mass is 32.2. The molecule has 0 spiro atoms. The lowest BCUT2D eigenvalue weighted by molar-refractivity contribution is 0.755. The third-order valence-electron chi connectivity index (χ3n) is 2.63. The maximum atomic E-state index is 4.46. The predicted octanol–water partition coefficient (Wildman–Crippen LogP) is 2.77. The fourth-order valence-electron chi connectivity index (χ4n) is 1.65. The van der Waals surface area contributed by atoms with Gasteiger partial charge in [0.1, 0.15) is 0 Å². The van der Waals surface area contributed by atoms with Crippen molar-refractivity contribution in [2.24, 2.45) is 0 Å². The molecule has 0 unspecified atom stereocenters. The van der Waals surface area contributed by atoms with Crippen LogP contribution in [0.2, 0.25) is 0 Å². The van der Waals surface area contributed by atoms with E-state index in [1.165, 1.54) is 19.3 Å². The van der Waals surface area contributed by atoms with Gasteiger partial charge in [-0.25, -0.2) is 4.68 Å². The van der Waals surface area contributed by atoms with Crippen molar-refractivity contribution in [3.63, 3.8) is 0 Å². The summed E-state index contributed by atoms with van der Waals surface area (Å²) in [5.74, 6) is 2.19. The van der Waals surface area contributed by atoms with Crippen molar-refractivity contribution in [1.82, 2.24) is 24.7 Å². The van der Waals surface area contributed by atoms with Crippen LogP contribution in [0.25, 0.3) is 5.95 Å². The van der Waals surface area contributed by atoms with E-state index >= 15 is 0 Å². The molecule has 0 bridgehead atoms. The number of anilines is 1. The zero-order valence-corrected chi connectivity index (χ0v) is 12.7. The highest BCUT2D eigenvalue weighted by molar-refractivity contribution is 7.99. The van der Waals surface area contributed by atoms with Crippen molar-refractivity contribution in [3.05, 3.63) is 18.5 Å². The molecule has 0 radical (unpaired) electrons. The van der Waals surface area contributed by atoms with Crippen LogP contribution in [0.15, 0.2) is 23.6 Å². The second kappa shape index (κ2) is 7.84. The SMILES string of the molecule is CCCCCSc1nc(NCC)nc(-n2cccn2)n1. The molecule has 0 aromatic carbocycles. The van der Waals surface area contributed by atoms with Crippen LogP contribution < -0.4 is 5.32 Å². The summed E-state index contributed by atoms with van der Waals surface area (Å²) in [5, 5.41) is 8.05. The summed E-state index contributed by atoms with van der Waals surface area (Å²) in [6.07, 6.45) is 7.19. The van der Waals surface area contributed by atoms with Crippen LogP contribution in [-0.2, 0) is 0 Å². The van der Waals surface area contributed by atoms with E-state index in [-0.39, 0.29) is 0 Å². The average molecular weight is 292 g/mol. The molecule has 2 heterocycles. The molecule has 0 atom stereocenters. The van der Waals surface area contributed by atoms with Gasteiger partial charge in [0.25, 0.3) is 5.95 Å².